The quantitative estimate of drug-likeness (QED) is 0.0255. The molecule has 69 heavy (non-hydrogen) atoms. The molecule has 4 atom stereocenters. The molecule has 0 aromatic heterocycles. The van der Waals surface area contributed by atoms with Crippen molar-refractivity contribution in [1.82, 2.24) is 0 Å². The van der Waals surface area contributed by atoms with Crippen LogP contribution in [0.4, 0.5) is 0 Å². The minimum atomic E-state index is -0.404. The number of hydrogen-bond donors (Lipinski definition) is 0. The lowest BCUT2D eigenvalue weighted by molar-refractivity contribution is -0.0382. The molecular weight excluding hydrogens is 857 g/mol. The van der Waals surface area contributed by atoms with Crippen molar-refractivity contribution in [2.45, 2.75) is 196 Å². The molecule has 0 aliphatic heterocycles. The predicted molar refractivity (Wildman–Crippen MR) is 285 cm³/mol. The zero-order valence-electron chi connectivity index (χ0n) is 44.1. The van der Waals surface area contributed by atoms with Crippen molar-refractivity contribution in [3.05, 3.63) is 119 Å². The minimum absolute atomic E-state index is 0.184. The van der Waals surface area contributed by atoms with Crippen LogP contribution in [0.5, 0.6) is 23.0 Å². The normalized spacial score (nSPS) is 13.2. The molecule has 4 unspecified atom stereocenters. The molecule has 0 saturated heterocycles. The molecule has 4 rings (SSSR count). The molecule has 7 nitrogen and oxygen atoms in total. The van der Waals surface area contributed by atoms with Gasteiger partial charge in [-0.05, 0) is 133 Å². The Morgan fingerprint density at radius 2 is 0.725 bits per heavy atom. The van der Waals surface area contributed by atoms with Gasteiger partial charge in [0.1, 0.15) is 23.0 Å². The maximum atomic E-state index is 13.3. The first-order valence-electron chi connectivity index (χ1n) is 27.2. The average Bonchev–Trinajstić information content (AvgIpc) is 3.33. The van der Waals surface area contributed by atoms with E-state index in [1.807, 2.05) is 72.8 Å². The summed E-state index contributed by atoms with van der Waals surface area (Å²) in [5.41, 5.74) is 3.07. The van der Waals surface area contributed by atoms with Crippen LogP contribution in [0, 0.1) is 23.7 Å². The molecule has 0 aliphatic rings. The topological polar surface area (TPSA) is 80.3 Å². The standard InChI is InChI=1S/C62H90O7/c1-9-11-13-15-17-19-43-65-55-35-31-53(32-36-55)61(63)67-57-39-27-51(28-40-57)59(45-49(7)25-21-23-47(3)4)69-60(46-50(8)26-22-24-48(5)6)52-29-41-58(42-30-52)68-62(64)54-33-37-56(38-34-54)66-44-20-18-16-14-12-10-2/h27-42,47-50,59-60H,9-26,43-46H2,1-8H3. The van der Waals surface area contributed by atoms with Gasteiger partial charge in [-0.25, -0.2) is 9.59 Å². The van der Waals surface area contributed by atoms with Gasteiger partial charge in [0, 0.05) is 0 Å². The van der Waals surface area contributed by atoms with Crippen molar-refractivity contribution < 1.29 is 33.3 Å². The van der Waals surface area contributed by atoms with Crippen LogP contribution in [0.15, 0.2) is 97.1 Å². The SMILES string of the molecule is CCCCCCCCOc1ccc(C(=O)Oc2ccc(C(CC(C)CCCC(C)C)OC(CC(C)CCCC(C)C)c3ccc(OC(=O)c4ccc(OCCCCCCCC)cc4)cc3)cc2)cc1. The molecule has 0 aliphatic carbocycles. The Hall–Kier alpha value is -4.62. The van der Waals surface area contributed by atoms with E-state index in [-0.39, 0.29) is 12.2 Å². The number of rotatable bonds is 36. The van der Waals surface area contributed by atoms with Gasteiger partial charge in [0.15, 0.2) is 0 Å². The summed E-state index contributed by atoms with van der Waals surface area (Å²) in [6.45, 7) is 19.6. The fourth-order valence-electron chi connectivity index (χ4n) is 8.81. The molecule has 0 amide bonds. The van der Waals surface area contributed by atoms with Crippen molar-refractivity contribution in [1.29, 1.82) is 0 Å². The largest absolute Gasteiger partial charge is 0.494 e. The molecule has 0 radical (unpaired) electrons. The van der Waals surface area contributed by atoms with Crippen LogP contribution >= 0.6 is 0 Å². The monoisotopic (exact) mass is 947 g/mol. The van der Waals surface area contributed by atoms with Crippen molar-refractivity contribution in [3.63, 3.8) is 0 Å². The second-order valence-electron chi connectivity index (χ2n) is 20.6. The number of unbranched alkanes of at least 4 members (excludes halogenated alkanes) is 10. The summed E-state index contributed by atoms with van der Waals surface area (Å²) in [6, 6.07) is 30.2. The highest BCUT2D eigenvalue weighted by atomic mass is 16.5. The summed E-state index contributed by atoms with van der Waals surface area (Å²) < 4.78 is 30.9. The number of ether oxygens (including phenoxy) is 5. The first-order chi connectivity index (χ1) is 33.4. The Morgan fingerprint density at radius 3 is 1.07 bits per heavy atom. The Bertz CT molecular complexity index is 1810. The Balaban J connectivity index is 1.45. The summed E-state index contributed by atoms with van der Waals surface area (Å²) in [4.78, 5) is 26.5. The van der Waals surface area contributed by atoms with Crippen molar-refractivity contribution in [2.75, 3.05) is 13.2 Å². The molecule has 7 heteroatoms. The number of hydrogen-bond acceptors (Lipinski definition) is 7. The first-order valence-corrected chi connectivity index (χ1v) is 27.2. The molecule has 0 bridgehead atoms. The van der Waals surface area contributed by atoms with Crippen LogP contribution in [-0.4, -0.2) is 25.2 Å². The van der Waals surface area contributed by atoms with Crippen LogP contribution in [0.1, 0.15) is 228 Å². The highest BCUT2D eigenvalue weighted by Gasteiger charge is 2.25. The fourth-order valence-corrected chi connectivity index (χ4v) is 8.81. The number of carbonyl (C=O) groups excluding carboxylic acids is 2. The van der Waals surface area contributed by atoms with Gasteiger partial charge in [0.25, 0.3) is 0 Å². The van der Waals surface area contributed by atoms with Crippen LogP contribution in [0.3, 0.4) is 0 Å². The highest BCUT2D eigenvalue weighted by molar-refractivity contribution is 5.91. The molecular formula is C62H90O7. The van der Waals surface area contributed by atoms with Gasteiger partial charge in [0.05, 0.1) is 36.5 Å². The lowest BCUT2D eigenvalue weighted by atomic mass is 9.90. The molecule has 4 aromatic rings. The van der Waals surface area contributed by atoms with Crippen molar-refractivity contribution in [3.8, 4) is 23.0 Å². The fraction of sp³-hybridized carbons (Fsp3) is 0.581. The Kier molecular flexibility index (Phi) is 27.3. The molecule has 0 fully saturated rings. The van der Waals surface area contributed by atoms with Gasteiger partial charge < -0.3 is 23.7 Å². The summed E-state index contributed by atoms with van der Waals surface area (Å²) in [6.07, 6.45) is 22.9. The number of esters is 2. The molecule has 0 spiro atoms. The second-order valence-corrected chi connectivity index (χ2v) is 20.6. The van der Waals surface area contributed by atoms with E-state index in [9.17, 15) is 9.59 Å². The lowest BCUT2D eigenvalue weighted by Gasteiger charge is -2.30. The Labute approximate surface area is 418 Å². The highest BCUT2D eigenvalue weighted by Crippen LogP contribution is 2.38. The third kappa shape index (κ3) is 23.2. The van der Waals surface area contributed by atoms with E-state index in [4.69, 9.17) is 23.7 Å². The second kappa shape index (κ2) is 33.1. The molecule has 380 valence electrons. The third-order valence-corrected chi connectivity index (χ3v) is 13.2. The van der Waals surface area contributed by atoms with Gasteiger partial charge in [-0.1, -0.05) is 182 Å². The smallest absolute Gasteiger partial charge is 0.343 e. The lowest BCUT2D eigenvalue weighted by Crippen LogP contribution is -2.16. The van der Waals surface area contributed by atoms with E-state index in [2.05, 4.69) is 55.4 Å². The maximum absolute atomic E-state index is 13.3. The van der Waals surface area contributed by atoms with Gasteiger partial charge in [0.2, 0.25) is 0 Å². The zero-order chi connectivity index (χ0) is 49.6. The number of carbonyl (C=O) groups is 2. The zero-order valence-corrected chi connectivity index (χ0v) is 44.1. The van der Waals surface area contributed by atoms with Crippen molar-refractivity contribution >= 4 is 11.9 Å². The van der Waals surface area contributed by atoms with E-state index >= 15 is 0 Å². The Morgan fingerprint density at radius 1 is 0.391 bits per heavy atom. The number of benzene rings is 4. The van der Waals surface area contributed by atoms with E-state index < -0.39 is 11.9 Å². The molecule has 0 saturated carbocycles. The van der Waals surface area contributed by atoms with E-state index in [1.165, 1.54) is 89.9 Å². The van der Waals surface area contributed by atoms with E-state index in [0.29, 0.717) is 59.5 Å². The third-order valence-electron chi connectivity index (χ3n) is 13.2. The molecule has 0 heterocycles. The van der Waals surface area contributed by atoms with E-state index in [1.54, 1.807) is 24.3 Å². The van der Waals surface area contributed by atoms with E-state index in [0.717, 1.165) is 61.2 Å². The summed E-state index contributed by atoms with van der Waals surface area (Å²) in [5.74, 6) is 3.92. The molecule has 0 N–H and O–H groups in total. The van der Waals surface area contributed by atoms with Crippen LogP contribution < -0.4 is 18.9 Å². The van der Waals surface area contributed by atoms with Crippen LogP contribution in [0.25, 0.3) is 0 Å². The van der Waals surface area contributed by atoms with Gasteiger partial charge >= 0.3 is 11.9 Å². The van der Waals surface area contributed by atoms with Gasteiger partial charge in [-0.2, -0.15) is 0 Å². The average molecular weight is 947 g/mol. The minimum Gasteiger partial charge on any atom is -0.494 e. The first kappa shape index (κ1) is 57.0. The summed E-state index contributed by atoms with van der Waals surface area (Å²) in [7, 11) is 0. The van der Waals surface area contributed by atoms with Crippen LogP contribution in [-0.2, 0) is 4.74 Å². The van der Waals surface area contributed by atoms with Gasteiger partial charge in [-0.3, -0.25) is 0 Å². The van der Waals surface area contributed by atoms with Crippen molar-refractivity contribution in [2.24, 2.45) is 23.7 Å². The maximum Gasteiger partial charge on any atom is 0.343 e. The summed E-state index contributed by atoms with van der Waals surface area (Å²) >= 11 is 0. The molecule has 4 aromatic carbocycles. The summed E-state index contributed by atoms with van der Waals surface area (Å²) in [5, 5.41) is 0. The van der Waals surface area contributed by atoms with Crippen LogP contribution in [0.2, 0.25) is 0 Å². The van der Waals surface area contributed by atoms with Gasteiger partial charge in [-0.15, -0.1) is 0 Å². The predicted octanol–water partition coefficient (Wildman–Crippen LogP) is 18.1.